The molecule has 1 saturated carbocycles. The Balaban J connectivity index is 2.04. The zero-order chi connectivity index (χ0) is 19.8. The van der Waals surface area contributed by atoms with Crippen molar-refractivity contribution in [3.05, 3.63) is 51.3 Å². The molecule has 0 saturated heterocycles. The lowest BCUT2D eigenvalue weighted by Crippen LogP contribution is -2.36. The second kappa shape index (κ2) is 7.34. The third kappa shape index (κ3) is 2.97. The molecule has 0 bridgehead atoms. The zero-order valence-electron chi connectivity index (χ0n) is 16.8. The van der Waals surface area contributed by atoms with Gasteiger partial charge in [0.1, 0.15) is 5.75 Å². The van der Waals surface area contributed by atoms with Gasteiger partial charge in [-0.3, -0.25) is 13.9 Å². The molecule has 1 aliphatic carbocycles. The summed E-state index contributed by atoms with van der Waals surface area (Å²) in [5.74, 6) is 0.779. The summed E-state index contributed by atoms with van der Waals surface area (Å²) in [5.41, 5.74) is 2.04. The molecule has 0 spiro atoms. The molecule has 6 nitrogen and oxygen atoms in total. The Kier molecular flexibility index (Phi) is 4.87. The number of hydrogen-bond acceptors (Lipinski definition) is 3. The minimum Gasteiger partial charge on any atom is -0.497 e. The van der Waals surface area contributed by atoms with Crippen LogP contribution in [-0.4, -0.2) is 20.8 Å². The van der Waals surface area contributed by atoms with Gasteiger partial charge in [0.15, 0.2) is 0 Å². The number of aromatic nitrogens is 3. The van der Waals surface area contributed by atoms with Gasteiger partial charge in [0.25, 0.3) is 5.56 Å². The van der Waals surface area contributed by atoms with E-state index in [-0.39, 0.29) is 11.2 Å². The van der Waals surface area contributed by atoms with E-state index in [2.05, 4.69) is 4.57 Å². The van der Waals surface area contributed by atoms with Gasteiger partial charge >= 0.3 is 5.69 Å². The largest absolute Gasteiger partial charge is 0.497 e. The van der Waals surface area contributed by atoms with E-state index in [9.17, 15) is 9.59 Å². The fraction of sp³-hybridized carbons (Fsp3) is 0.455. The predicted molar refractivity (Wildman–Crippen MR) is 111 cm³/mol. The number of nitrogens with zero attached hydrogens (tertiary/aromatic N) is 3. The molecule has 0 unspecified atom stereocenters. The number of fused-ring (bicyclic) bond motifs is 1. The molecular weight excluding hydrogens is 354 g/mol. The molecule has 148 valence electrons. The minimum atomic E-state index is -0.295. The molecule has 1 aromatic carbocycles. The van der Waals surface area contributed by atoms with Crippen LogP contribution in [0.4, 0.5) is 0 Å². The molecule has 0 amide bonds. The van der Waals surface area contributed by atoms with E-state index in [1.807, 2.05) is 30.5 Å². The van der Waals surface area contributed by atoms with Gasteiger partial charge in [-0.05, 0) is 42.7 Å². The van der Waals surface area contributed by atoms with E-state index in [4.69, 9.17) is 4.74 Å². The number of benzene rings is 1. The SMILES string of the molecule is COc1ccc(-c2c3c(=O)n(C)c(=O)n(C)c3cn2C2CCCCCC2)cc1. The Morgan fingerprint density at radius 3 is 2.18 bits per heavy atom. The van der Waals surface area contributed by atoms with Gasteiger partial charge in [0.2, 0.25) is 0 Å². The number of ether oxygens (including phenoxy) is 1. The zero-order valence-corrected chi connectivity index (χ0v) is 16.8. The van der Waals surface area contributed by atoms with Crippen molar-refractivity contribution in [1.82, 2.24) is 13.7 Å². The van der Waals surface area contributed by atoms with E-state index >= 15 is 0 Å². The number of methoxy groups -OCH3 is 1. The highest BCUT2D eigenvalue weighted by molar-refractivity contribution is 5.93. The molecule has 2 aromatic heterocycles. The monoisotopic (exact) mass is 381 g/mol. The van der Waals surface area contributed by atoms with Crippen LogP contribution in [-0.2, 0) is 14.1 Å². The average molecular weight is 381 g/mol. The summed E-state index contributed by atoms with van der Waals surface area (Å²) >= 11 is 0. The summed E-state index contributed by atoms with van der Waals surface area (Å²) in [5, 5.41) is 0.610. The molecule has 0 radical (unpaired) electrons. The first-order valence-corrected chi connectivity index (χ1v) is 9.98. The van der Waals surface area contributed by atoms with Crippen LogP contribution in [0.1, 0.15) is 44.6 Å². The smallest absolute Gasteiger partial charge is 0.330 e. The molecule has 0 atom stereocenters. The van der Waals surface area contributed by atoms with E-state index in [0.29, 0.717) is 16.9 Å². The van der Waals surface area contributed by atoms with E-state index in [1.165, 1.54) is 30.3 Å². The van der Waals surface area contributed by atoms with Gasteiger partial charge < -0.3 is 9.30 Å². The molecule has 28 heavy (non-hydrogen) atoms. The van der Waals surface area contributed by atoms with Crippen molar-refractivity contribution in [3.8, 4) is 17.0 Å². The quantitative estimate of drug-likeness (QED) is 0.651. The summed E-state index contributed by atoms with van der Waals surface area (Å²) in [6.07, 6.45) is 9.10. The van der Waals surface area contributed by atoms with E-state index < -0.39 is 0 Å². The van der Waals surface area contributed by atoms with Crippen molar-refractivity contribution in [2.24, 2.45) is 14.1 Å². The van der Waals surface area contributed by atoms with Crippen molar-refractivity contribution in [2.45, 2.75) is 44.6 Å². The Morgan fingerprint density at radius 2 is 1.57 bits per heavy atom. The normalized spacial score (nSPS) is 15.7. The molecular formula is C22H27N3O3. The van der Waals surface area contributed by atoms with Crippen LogP contribution in [0, 0.1) is 0 Å². The van der Waals surface area contributed by atoms with Crippen molar-refractivity contribution in [3.63, 3.8) is 0 Å². The number of rotatable bonds is 3. The molecule has 4 rings (SSSR count). The second-order valence-corrected chi connectivity index (χ2v) is 7.72. The van der Waals surface area contributed by atoms with Crippen molar-refractivity contribution < 1.29 is 4.74 Å². The molecule has 1 fully saturated rings. The highest BCUT2D eigenvalue weighted by atomic mass is 16.5. The first-order valence-electron chi connectivity index (χ1n) is 9.98. The van der Waals surface area contributed by atoms with Crippen molar-refractivity contribution >= 4 is 10.9 Å². The molecule has 0 aliphatic heterocycles. The molecule has 3 aromatic rings. The number of aryl methyl sites for hydroxylation is 1. The third-order valence-corrected chi connectivity index (χ3v) is 6.05. The Bertz CT molecular complexity index is 1110. The highest BCUT2D eigenvalue weighted by Gasteiger charge is 2.24. The van der Waals surface area contributed by atoms with Gasteiger partial charge in [-0.25, -0.2) is 4.79 Å². The van der Waals surface area contributed by atoms with E-state index in [0.717, 1.165) is 29.8 Å². The summed E-state index contributed by atoms with van der Waals surface area (Å²) in [7, 11) is 4.92. The summed E-state index contributed by atoms with van der Waals surface area (Å²) in [6, 6.07) is 8.15. The predicted octanol–water partition coefficient (Wildman–Crippen LogP) is 3.61. The first kappa shape index (κ1) is 18.6. The van der Waals surface area contributed by atoms with Crippen LogP contribution in [0.3, 0.4) is 0 Å². The lowest BCUT2D eigenvalue weighted by molar-refractivity contribution is 0.415. The van der Waals surface area contributed by atoms with Gasteiger partial charge in [0, 0.05) is 26.3 Å². The van der Waals surface area contributed by atoms with Crippen LogP contribution in [0.25, 0.3) is 22.2 Å². The van der Waals surface area contributed by atoms with Crippen LogP contribution >= 0.6 is 0 Å². The Hall–Kier alpha value is -2.76. The Labute approximate surface area is 164 Å². The van der Waals surface area contributed by atoms with Crippen LogP contribution in [0.2, 0.25) is 0 Å². The van der Waals surface area contributed by atoms with Gasteiger partial charge in [-0.15, -0.1) is 0 Å². The van der Waals surface area contributed by atoms with Gasteiger partial charge in [-0.2, -0.15) is 0 Å². The molecule has 0 N–H and O–H groups in total. The fourth-order valence-electron chi connectivity index (χ4n) is 4.43. The first-order chi connectivity index (χ1) is 13.5. The second-order valence-electron chi connectivity index (χ2n) is 7.72. The minimum absolute atomic E-state index is 0.240. The summed E-state index contributed by atoms with van der Waals surface area (Å²) in [6.45, 7) is 0. The van der Waals surface area contributed by atoms with Crippen LogP contribution < -0.4 is 16.0 Å². The third-order valence-electron chi connectivity index (χ3n) is 6.05. The maximum atomic E-state index is 13.1. The summed E-state index contributed by atoms with van der Waals surface area (Å²) < 4.78 is 10.3. The van der Waals surface area contributed by atoms with Gasteiger partial charge in [0.05, 0.1) is 23.7 Å². The van der Waals surface area contributed by atoms with E-state index in [1.54, 1.807) is 25.8 Å². The number of hydrogen-bond donors (Lipinski definition) is 0. The van der Waals surface area contributed by atoms with Crippen molar-refractivity contribution in [2.75, 3.05) is 7.11 Å². The average Bonchev–Trinajstić information content (AvgIpc) is 2.91. The lowest BCUT2D eigenvalue weighted by Gasteiger charge is -2.20. The van der Waals surface area contributed by atoms with Gasteiger partial charge in [-0.1, -0.05) is 25.7 Å². The maximum absolute atomic E-state index is 13.1. The fourth-order valence-corrected chi connectivity index (χ4v) is 4.43. The molecule has 1 aliphatic rings. The highest BCUT2D eigenvalue weighted by Crippen LogP contribution is 2.36. The Morgan fingerprint density at radius 1 is 0.929 bits per heavy atom. The van der Waals surface area contributed by atoms with Crippen LogP contribution in [0.15, 0.2) is 40.1 Å². The summed E-state index contributed by atoms with van der Waals surface area (Å²) in [4.78, 5) is 25.6. The van der Waals surface area contributed by atoms with Crippen LogP contribution in [0.5, 0.6) is 5.75 Å². The molecule has 6 heteroatoms. The molecule has 2 heterocycles. The topological polar surface area (TPSA) is 58.2 Å². The lowest BCUT2D eigenvalue weighted by atomic mass is 10.1. The van der Waals surface area contributed by atoms with Crippen molar-refractivity contribution in [1.29, 1.82) is 0 Å². The maximum Gasteiger partial charge on any atom is 0.330 e. The standard InChI is InChI=1S/C22H27N3O3/c1-23-18-14-25(16-8-6-4-5-7-9-16)20(15-10-12-17(28-3)13-11-15)19(18)21(26)24(2)22(23)27/h10-14,16H,4-9H2,1-3H3.